The van der Waals surface area contributed by atoms with Gasteiger partial charge < -0.3 is 20.3 Å². The normalized spacial score (nSPS) is 11.0. The first-order valence-corrected chi connectivity index (χ1v) is 10.7. The molecule has 0 saturated heterocycles. The molecule has 0 bridgehead atoms. The summed E-state index contributed by atoms with van der Waals surface area (Å²) in [6, 6.07) is 20.4. The van der Waals surface area contributed by atoms with E-state index in [1.165, 1.54) is 11.3 Å². The van der Waals surface area contributed by atoms with Crippen molar-refractivity contribution < 1.29 is 14.3 Å². The highest BCUT2D eigenvalue weighted by atomic mass is 32.1. The quantitative estimate of drug-likeness (QED) is 0.502. The van der Waals surface area contributed by atoms with Crippen LogP contribution in [0.4, 0.5) is 5.69 Å². The lowest BCUT2D eigenvalue weighted by molar-refractivity contribution is -0.117. The van der Waals surface area contributed by atoms with Gasteiger partial charge in [-0.1, -0.05) is 24.3 Å². The SMILES string of the molecule is COc1ccc(C(=O)N/C(=C\c2cccs2)C(=O)NCCN(C)c2ccccc2)cc1. The van der Waals surface area contributed by atoms with Crippen LogP contribution < -0.4 is 20.3 Å². The van der Waals surface area contributed by atoms with E-state index in [0.29, 0.717) is 24.4 Å². The summed E-state index contributed by atoms with van der Waals surface area (Å²) in [6.45, 7) is 1.07. The van der Waals surface area contributed by atoms with Crippen molar-refractivity contribution in [3.8, 4) is 5.75 Å². The molecule has 0 fully saturated rings. The van der Waals surface area contributed by atoms with Gasteiger partial charge in [-0.25, -0.2) is 0 Å². The third-order valence-electron chi connectivity index (χ3n) is 4.60. The van der Waals surface area contributed by atoms with Crippen molar-refractivity contribution in [3.63, 3.8) is 0 Å². The molecule has 0 saturated carbocycles. The van der Waals surface area contributed by atoms with Crippen molar-refractivity contribution in [1.82, 2.24) is 10.6 Å². The van der Waals surface area contributed by atoms with Gasteiger partial charge in [0.25, 0.3) is 11.8 Å². The predicted octanol–water partition coefficient (Wildman–Crippen LogP) is 3.78. The fraction of sp³-hybridized carbons (Fsp3) is 0.167. The number of likely N-dealkylation sites (N-methyl/N-ethyl adjacent to an activating group) is 1. The Morgan fingerprint density at radius 3 is 2.42 bits per heavy atom. The zero-order valence-corrected chi connectivity index (χ0v) is 18.3. The second-order valence-electron chi connectivity index (χ2n) is 6.77. The van der Waals surface area contributed by atoms with E-state index in [-0.39, 0.29) is 17.5 Å². The maximum atomic E-state index is 12.8. The molecule has 2 N–H and O–H groups in total. The van der Waals surface area contributed by atoms with Crippen molar-refractivity contribution in [2.45, 2.75) is 0 Å². The van der Waals surface area contributed by atoms with Crippen LogP contribution in [0.25, 0.3) is 6.08 Å². The number of para-hydroxylation sites is 1. The molecule has 0 radical (unpaired) electrons. The molecule has 0 atom stereocenters. The molecule has 6 nitrogen and oxygen atoms in total. The van der Waals surface area contributed by atoms with Gasteiger partial charge in [0, 0.05) is 36.3 Å². The zero-order valence-electron chi connectivity index (χ0n) is 17.5. The predicted molar refractivity (Wildman–Crippen MR) is 125 cm³/mol. The lowest BCUT2D eigenvalue weighted by Gasteiger charge is -2.19. The minimum Gasteiger partial charge on any atom is -0.497 e. The Balaban J connectivity index is 1.65. The Morgan fingerprint density at radius 1 is 1.03 bits per heavy atom. The van der Waals surface area contributed by atoms with E-state index in [4.69, 9.17) is 4.74 Å². The van der Waals surface area contributed by atoms with E-state index in [1.807, 2.05) is 54.9 Å². The largest absolute Gasteiger partial charge is 0.497 e. The molecule has 3 rings (SSSR count). The third kappa shape index (κ3) is 6.45. The van der Waals surface area contributed by atoms with Crippen LogP contribution in [0.15, 0.2) is 77.8 Å². The molecular formula is C24H25N3O3S. The number of thiophene rings is 1. The lowest BCUT2D eigenvalue weighted by atomic mass is 10.2. The number of anilines is 1. The topological polar surface area (TPSA) is 70.7 Å². The van der Waals surface area contributed by atoms with Crippen LogP contribution in [-0.2, 0) is 4.79 Å². The van der Waals surface area contributed by atoms with E-state index in [0.717, 1.165) is 10.6 Å². The number of benzene rings is 2. The Labute approximate surface area is 186 Å². The summed E-state index contributed by atoms with van der Waals surface area (Å²) < 4.78 is 5.12. The Hall–Kier alpha value is -3.58. The Kier molecular flexibility index (Phi) is 7.84. The second-order valence-corrected chi connectivity index (χ2v) is 7.75. The molecule has 7 heteroatoms. The van der Waals surface area contributed by atoms with E-state index in [2.05, 4.69) is 15.5 Å². The fourth-order valence-electron chi connectivity index (χ4n) is 2.85. The van der Waals surface area contributed by atoms with E-state index in [9.17, 15) is 9.59 Å². The molecule has 2 amide bonds. The third-order valence-corrected chi connectivity index (χ3v) is 5.42. The minimum atomic E-state index is -0.359. The molecule has 1 aromatic heterocycles. The monoisotopic (exact) mass is 435 g/mol. The summed E-state index contributed by atoms with van der Waals surface area (Å²) in [5, 5.41) is 7.55. The number of carbonyl (C=O) groups excluding carboxylic acids is 2. The summed E-state index contributed by atoms with van der Waals surface area (Å²) in [7, 11) is 3.53. The number of amides is 2. The molecule has 0 unspecified atom stereocenters. The lowest BCUT2D eigenvalue weighted by Crippen LogP contribution is -2.38. The van der Waals surface area contributed by atoms with Crippen molar-refractivity contribution in [3.05, 3.63) is 88.2 Å². The van der Waals surface area contributed by atoms with Crippen molar-refractivity contribution in [2.75, 3.05) is 32.1 Å². The summed E-state index contributed by atoms with van der Waals surface area (Å²) in [5.74, 6) is -0.0371. The summed E-state index contributed by atoms with van der Waals surface area (Å²) in [6.07, 6.45) is 1.68. The molecule has 0 aliphatic carbocycles. The van der Waals surface area contributed by atoms with Crippen LogP contribution in [0.2, 0.25) is 0 Å². The highest BCUT2D eigenvalue weighted by Crippen LogP contribution is 2.15. The second kappa shape index (κ2) is 11.0. The summed E-state index contributed by atoms with van der Waals surface area (Å²) in [5.41, 5.74) is 1.71. The minimum absolute atomic E-state index is 0.200. The van der Waals surface area contributed by atoms with Crippen molar-refractivity contribution >= 4 is 34.9 Å². The molecule has 3 aromatic rings. The highest BCUT2D eigenvalue weighted by Gasteiger charge is 2.15. The van der Waals surface area contributed by atoms with Gasteiger partial charge >= 0.3 is 0 Å². The van der Waals surface area contributed by atoms with E-state index in [1.54, 1.807) is 37.5 Å². The highest BCUT2D eigenvalue weighted by molar-refractivity contribution is 7.10. The number of carbonyl (C=O) groups is 2. The molecule has 1 heterocycles. The maximum absolute atomic E-state index is 12.8. The first-order valence-electron chi connectivity index (χ1n) is 9.82. The average molecular weight is 436 g/mol. The number of methoxy groups -OCH3 is 1. The number of ether oxygens (including phenoxy) is 1. The number of hydrogen-bond donors (Lipinski definition) is 2. The summed E-state index contributed by atoms with van der Waals surface area (Å²) in [4.78, 5) is 28.4. The standard InChI is InChI=1S/C24H25N3O3S/c1-27(19-7-4-3-5-8-19)15-14-25-24(29)22(17-21-9-6-16-31-21)26-23(28)18-10-12-20(30-2)13-11-18/h3-13,16-17H,14-15H2,1-2H3,(H,25,29)(H,26,28)/b22-17-. The molecule has 0 aliphatic rings. The van der Waals surface area contributed by atoms with Gasteiger partial charge in [0.2, 0.25) is 0 Å². The van der Waals surface area contributed by atoms with Gasteiger partial charge in [0.15, 0.2) is 0 Å². The van der Waals surface area contributed by atoms with E-state index >= 15 is 0 Å². The molecule has 2 aromatic carbocycles. The van der Waals surface area contributed by atoms with Crippen LogP contribution in [0.5, 0.6) is 5.75 Å². The Bertz CT molecular complexity index is 1020. The van der Waals surface area contributed by atoms with Gasteiger partial charge in [-0.15, -0.1) is 11.3 Å². The fourth-order valence-corrected chi connectivity index (χ4v) is 3.51. The van der Waals surface area contributed by atoms with Gasteiger partial charge in [0.1, 0.15) is 11.4 Å². The number of nitrogens with one attached hydrogen (secondary N) is 2. The number of hydrogen-bond acceptors (Lipinski definition) is 5. The molecule has 0 spiro atoms. The maximum Gasteiger partial charge on any atom is 0.267 e. The van der Waals surface area contributed by atoms with Crippen LogP contribution in [-0.4, -0.2) is 39.1 Å². The van der Waals surface area contributed by atoms with E-state index < -0.39 is 0 Å². The van der Waals surface area contributed by atoms with Crippen LogP contribution in [0, 0.1) is 0 Å². The molecule has 0 aliphatic heterocycles. The molecular weight excluding hydrogens is 410 g/mol. The zero-order chi connectivity index (χ0) is 22.1. The van der Waals surface area contributed by atoms with Crippen LogP contribution in [0.1, 0.15) is 15.2 Å². The first kappa shape index (κ1) is 22.1. The number of nitrogens with zero attached hydrogens (tertiary/aromatic N) is 1. The first-order chi connectivity index (χ1) is 15.1. The molecule has 160 valence electrons. The van der Waals surface area contributed by atoms with Gasteiger partial charge in [-0.3, -0.25) is 9.59 Å². The molecule has 31 heavy (non-hydrogen) atoms. The van der Waals surface area contributed by atoms with Crippen molar-refractivity contribution in [2.24, 2.45) is 0 Å². The van der Waals surface area contributed by atoms with Gasteiger partial charge in [-0.2, -0.15) is 0 Å². The van der Waals surface area contributed by atoms with Gasteiger partial charge in [-0.05, 0) is 53.9 Å². The summed E-state index contributed by atoms with van der Waals surface area (Å²) >= 11 is 1.49. The van der Waals surface area contributed by atoms with Crippen molar-refractivity contribution in [1.29, 1.82) is 0 Å². The average Bonchev–Trinajstić information content (AvgIpc) is 3.32. The van der Waals surface area contributed by atoms with Crippen LogP contribution >= 0.6 is 11.3 Å². The van der Waals surface area contributed by atoms with Gasteiger partial charge in [0.05, 0.1) is 7.11 Å². The smallest absolute Gasteiger partial charge is 0.267 e. The Morgan fingerprint density at radius 2 is 1.77 bits per heavy atom. The number of rotatable bonds is 9. The van der Waals surface area contributed by atoms with Crippen LogP contribution in [0.3, 0.4) is 0 Å².